The van der Waals surface area contributed by atoms with Gasteiger partial charge in [-0.25, -0.2) is 4.98 Å². The van der Waals surface area contributed by atoms with Crippen LogP contribution in [-0.2, 0) is 24.1 Å². The monoisotopic (exact) mass is 574 g/mol. The van der Waals surface area contributed by atoms with Crippen LogP contribution in [0.4, 0.5) is 13.2 Å². The van der Waals surface area contributed by atoms with Crippen molar-refractivity contribution < 1.29 is 32.2 Å². The molecule has 0 radical (unpaired) electrons. The van der Waals surface area contributed by atoms with Gasteiger partial charge < -0.3 is 25.1 Å². The van der Waals surface area contributed by atoms with Crippen LogP contribution in [0.5, 0.6) is 17.2 Å². The number of nitrogens with two attached hydrogens (primary N) is 1. The molecule has 0 atom stereocenters. The minimum Gasteiger partial charge on any atom is -0.497 e. The highest BCUT2D eigenvalue weighted by molar-refractivity contribution is 5.98. The molecule has 0 aliphatic carbocycles. The van der Waals surface area contributed by atoms with Crippen LogP contribution in [0, 0.1) is 0 Å². The highest BCUT2D eigenvalue weighted by Crippen LogP contribution is 2.31. The van der Waals surface area contributed by atoms with Crippen molar-refractivity contribution in [1.29, 1.82) is 0 Å². The number of carbonyl (C=O) groups is 2. The van der Waals surface area contributed by atoms with E-state index in [-0.39, 0.29) is 18.7 Å². The molecular weight excluding hydrogens is 549 g/mol. The molecule has 1 aromatic heterocycles. The number of aromatic nitrogens is 2. The number of carbonyl (C=O) groups excluding carboxylic acids is 2. The molecule has 0 unspecified atom stereocenters. The number of fused-ring (bicyclic) bond motifs is 1. The van der Waals surface area contributed by atoms with E-state index in [0.717, 1.165) is 12.1 Å². The summed E-state index contributed by atoms with van der Waals surface area (Å²) in [7, 11) is 1.58. The SMILES string of the molecule is COc1ccc(Oc2cccc(-c3nc4cc(C(=O)NCc5cccc(C(F)(F)F)c5)ccc4n3CC(N)=O)c2)cc1. The number of benzene rings is 4. The lowest BCUT2D eigenvalue weighted by Crippen LogP contribution is -2.23. The van der Waals surface area contributed by atoms with Gasteiger partial charge in [0.2, 0.25) is 5.91 Å². The number of rotatable bonds is 9. The molecule has 5 aromatic rings. The number of methoxy groups -OCH3 is 1. The third-order valence-electron chi connectivity index (χ3n) is 6.42. The molecule has 42 heavy (non-hydrogen) atoms. The second-order valence-corrected chi connectivity index (χ2v) is 9.38. The Kier molecular flexibility index (Phi) is 7.83. The number of amides is 2. The van der Waals surface area contributed by atoms with Crippen LogP contribution in [0.15, 0.2) is 91.0 Å². The zero-order chi connectivity index (χ0) is 29.9. The van der Waals surface area contributed by atoms with Crippen molar-refractivity contribution in [3.63, 3.8) is 0 Å². The van der Waals surface area contributed by atoms with Gasteiger partial charge in [-0.2, -0.15) is 13.2 Å². The maximum absolute atomic E-state index is 13.0. The van der Waals surface area contributed by atoms with Gasteiger partial charge in [0, 0.05) is 17.7 Å². The summed E-state index contributed by atoms with van der Waals surface area (Å²) in [5, 5.41) is 2.64. The van der Waals surface area contributed by atoms with Crippen molar-refractivity contribution in [1.82, 2.24) is 14.9 Å². The molecule has 0 fully saturated rings. The van der Waals surface area contributed by atoms with Crippen LogP contribution < -0.4 is 20.5 Å². The molecule has 0 aliphatic heterocycles. The molecule has 5 rings (SSSR count). The Hall–Kier alpha value is -5.32. The summed E-state index contributed by atoms with van der Waals surface area (Å²) < 4.78 is 51.9. The Bertz CT molecular complexity index is 1760. The summed E-state index contributed by atoms with van der Waals surface area (Å²) in [6, 6.07) is 23.7. The fraction of sp³-hybridized carbons (Fsp3) is 0.129. The maximum atomic E-state index is 13.0. The largest absolute Gasteiger partial charge is 0.497 e. The van der Waals surface area contributed by atoms with Crippen LogP contribution in [0.25, 0.3) is 22.4 Å². The number of halogens is 3. The molecule has 0 spiro atoms. The molecule has 0 saturated heterocycles. The van der Waals surface area contributed by atoms with Gasteiger partial charge >= 0.3 is 6.18 Å². The third kappa shape index (κ3) is 6.35. The van der Waals surface area contributed by atoms with Crippen LogP contribution in [0.2, 0.25) is 0 Å². The minimum atomic E-state index is -4.48. The number of ether oxygens (including phenoxy) is 2. The molecule has 2 amide bonds. The van der Waals surface area contributed by atoms with E-state index in [9.17, 15) is 22.8 Å². The quantitative estimate of drug-likeness (QED) is 0.227. The number of hydrogen-bond donors (Lipinski definition) is 2. The molecule has 214 valence electrons. The third-order valence-corrected chi connectivity index (χ3v) is 6.42. The molecule has 0 aliphatic rings. The first-order chi connectivity index (χ1) is 20.1. The molecule has 0 saturated carbocycles. The lowest BCUT2D eigenvalue weighted by atomic mass is 10.1. The summed E-state index contributed by atoms with van der Waals surface area (Å²) in [5.74, 6) is 1.19. The predicted octanol–water partition coefficient (Wildman–Crippen LogP) is 5.94. The Morgan fingerprint density at radius 2 is 1.64 bits per heavy atom. The average molecular weight is 575 g/mol. The second-order valence-electron chi connectivity index (χ2n) is 9.38. The van der Waals surface area contributed by atoms with Gasteiger partial charge in [-0.3, -0.25) is 9.59 Å². The zero-order valence-electron chi connectivity index (χ0n) is 22.3. The van der Waals surface area contributed by atoms with Gasteiger partial charge in [-0.1, -0.05) is 24.3 Å². The summed E-state index contributed by atoms with van der Waals surface area (Å²) in [4.78, 5) is 29.5. The minimum absolute atomic E-state index is 0.0941. The molecular formula is C31H25F3N4O4. The van der Waals surface area contributed by atoms with Gasteiger partial charge in [0.05, 0.1) is 23.7 Å². The van der Waals surface area contributed by atoms with Gasteiger partial charge in [-0.05, 0) is 72.3 Å². The van der Waals surface area contributed by atoms with Crippen molar-refractivity contribution in [3.05, 3.63) is 108 Å². The highest BCUT2D eigenvalue weighted by Gasteiger charge is 2.30. The summed E-state index contributed by atoms with van der Waals surface area (Å²) in [6.07, 6.45) is -4.48. The van der Waals surface area contributed by atoms with Crippen LogP contribution in [0.1, 0.15) is 21.5 Å². The number of imidazole rings is 1. The van der Waals surface area contributed by atoms with Gasteiger partial charge in [0.15, 0.2) is 0 Å². The predicted molar refractivity (Wildman–Crippen MR) is 150 cm³/mol. The van der Waals surface area contributed by atoms with Crippen LogP contribution >= 0.6 is 0 Å². The topological polar surface area (TPSA) is 108 Å². The van der Waals surface area contributed by atoms with Crippen molar-refractivity contribution in [2.45, 2.75) is 19.3 Å². The highest BCUT2D eigenvalue weighted by atomic mass is 19.4. The number of nitrogens with zero attached hydrogens (tertiary/aromatic N) is 2. The van der Waals surface area contributed by atoms with Gasteiger partial charge in [-0.15, -0.1) is 0 Å². The zero-order valence-corrected chi connectivity index (χ0v) is 22.3. The standard InChI is InChI=1S/C31H25F3N4O4/c1-41-23-9-11-24(12-10-23)42-25-7-3-5-20(15-25)29-37-26-16-21(8-13-27(26)38(29)18-28(35)39)30(40)36-17-19-4-2-6-22(14-19)31(32,33)34/h2-16H,17-18H2,1H3,(H2,35,39)(H,36,40). The van der Waals surface area contributed by atoms with E-state index < -0.39 is 23.6 Å². The second kappa shape index (κ2) is 11.7. The Balaban J connectivity index is 1.41. The normalized spacial score (nSPS) is 11.3. The molecule has 11 heteroatoms. The Morgan fingerprint density at radius 3 is 2.36 bits per heavy atom. The summed E-state index contributed by atoms with van der Waals surface area (Å²) >= 11 is 0. The Morgan fingerprint density at radius 1 is 0.905 bits per heavy atom. The van der Waals surface area contributed by atoms with E-state index in [1.807, 2.05) is 6.07 Å². The average Bonchev–Trinajstić information content (AvgIpc) is 3.33. The summed E-state index contributed by atoms with van der Waals surface area (Å²) in [6.45, 7) is -0.250. The number of alkyl halides is 3. The van der Waals surface area contributed by atoms with Crippen molar-refractivity contribution in [3.8, 4) is 28.6 Å². The van der Waals surface area contributed by atoms with E-state index >= 15 is 0 Å². The van der Waals surface area contributed by atoms with Crippen LogP contribution in [0.3, 0.4) is 0 Å². The first kappa shape index (κ1) is 28.2. The molecule has 8 nitrogen and oxygen atoms in total. The van der Waals surface area contributed by atoms with E-state index in [2.05, 4.69) is 10.3 Å². The molecule has 0 bridgehead atoms. The lowest BCUT2D eigenvalue weighted by Gasteiger charge is -2.10. The van der Waals surface area contributed by atoms with Gasteiger partial charge in [0.1, 0.15) is 29.6 Å². The molecule has 1 heterocycles. The number of nitrogens with one attached hydrogen (secondary N) is 1. The maximum Gasteiger partial charge on any atom is 0.416 e. The molecule has 4 aromatic carbocycles. The first-order valence-electron chi connectivity index (χ1n) is 12.8. The van der Waals surface area contributed by atoms with E-state index in [0.29, 0.717) is 45.2 Å². The summed E-state index contributed by atoms with van der Waals surface area (Å²) in [5.41, 5.74) is 6.95. The first-order valence-corrected chi connectivity index (χ1v) is 12.8. The number of primary amides is 1. The van der Waals surface area contributed by atoms with E-state index in [1.54, 1.807) is 72.3 Å². The molecule has 3 N–H and O–H groups in total. The lowest BCUT2D eigenvalue weighted by molar-refractivity contribution is -0.137. The Labute approximate surface area is 238 Å². The smallest absolute Gasteiger partial charge is 0.416 e. The van der Waals surface area contributed by atoms with E-state index in [4.69, 9.17) is 15.2 Å². The van der Waals surface area contributed by atoms with Crippen molar-refractivity contribution in [2.24, 2.45) is 5.73 Å². The van der Waals surface area contributed by atoms with Gasteiger partial charge in [0.25, 0.3) is 5.91 Å². The van der Waals surface area contributed by atoms with Crippen molar-refractivity contribution >= 4 is 22.8 Å². The fourth-order valence-corrected chi connectivity index (χ4v) is 4.43. The van der Waals surface area contributed by atoms with Crippen molar-refractivity contribution in [2.75, 3.05) is 7.11 Å². The fourth-order valence-electron chi connectivity index (χ4n) is 4.43. The number of hydrogen-bond acceptors (Lipinski definition) is 5. The van der Waals surface area contributed by atoms with Crippen LogP contribution in [-0.4, -0.2) is 28.5 Å². The van der Waals surface area contributed by atoms with E-state index in [1.165, 1.54) is 12.1 Å².